The van der Waals surface area contributed by atoms with E-state index in [-0.39, 0.29) is 17.5 Å². The van der Waals surface area contributed by atoms with Crippen LogP contribution in [0.4, 0.5) is 0 Å². The van der Waals surface area contributed by atoms with E-state index in [9.17, 15) is 9.59 Å². The summed E-state index contributed by atoms with van der Waals surface area (Å²) >= 11 is 1.81. The van der Waals surface area contributed by atoms with Gasteiger partial charge in [-0.2, -0.15) is 11.8 Å². The Morgan fingerprint density at radius 2 is 2.00 bits per heavy atom. The number of benzene rings is 1. The number of hydrogen-bond acceptors (Lipinski definition) is 3. The summed E-state index contributed by atoms with van der Waals surface area (Å²) in [5.74, 6) is 1.88. The first kappa shape index (κ1) is 15.6. The molecule has 0 saturated carbocycles. The molecule has 1 atom stereocenters. The second-order valence-corrected chi connectivity index (χ2v) is 6.32. The molecule has 0 radical (unpaired) electrons. The van der Waals surface area contributed by atoms with Crippen molar-refractivity contribution in [3.05, 3.63) is 46.4 Å². The predicted molar refractivity (Wildman–Crippen MR) is 89.1 cm³/mol. The van der Waals surface area contributed by atoms with Gasteiger partial charge >= 0.3 is 0 Å². The fourth-order valence-electron chi connectivity index (χ4n) is 2.18. The van der Waals surface area contributed by atoms with Gasteiger partial charge in [0.25, 0.3) is 11.5 Å². The molecule has 1 N–H and O–H groups in total. The molecule has 0 aliphatic rings. The number of amides is 1. The number of fused-ring (bicyclic) bond motifs is 1. The van der Waals surface area contributed by atoms with E-state index in [0.717, 1.165) is 11.5 Å². The lowest BCUT2D eigenvalue weighted by Gasteiger charge is -2.25. The standard InChI is InChI=1S/C16H20N2O2S/c1-4-21-10-11(2)18(3)16(20)14-9-17-15(19)13-8-6-5-7-12(13)14/h5-9,11H,4,10H2,1-3H3,(H,17,19)/t11-/m0/s1. The SMILES string of the molecule is CCSC[C@H](C)N(C)C(=O)c1c[nH]c(=O)c2ccccc12. The van der Waals surface area contributed by atoms with Crippen molar-refractivity contribution in [1.82, 2.24) is 9.88 Å². The fourth-order valence-corrected chi connectivity index (χ4v) is 2.98. The maximum absolute atomic E-state index is 12.7. The highest BCUT2D eigenvalue weighted by molar-refractivity contribution is 7.99. The van der Waals surface area contributed by atoms with E-state index in [0.29, 0.717) is 16.3 Å². The topological polar surface area (TPSA) is 53.2 Å². The smallest absolute Gasteiger partial charge is 0.255 e. The van der Waals surface area contributed by atoms with Crippen LogP contribution in [0.3, 0.4) is 0 Å². The number of pyridine rings is 1. The molecule has 2 rings (SSSR count). The first-order valence-corrected chi connectivity index (χ1v) is 8.17. The van der Waals surface area contributed by atoms with E-state index >= 15 is 0 Å². The third-order valence-corrected chi connectivity index (χ3v) is 4.71. The lowest BCUT2D eigenvalue weighted by molar-refractivity contribution is 0.0759. The van der Waals surface area contributed by atoms with Crippen LogP contribution in [0, 0.1) is 0 Å². The van der Waals surface area contributed by atoms with E-state index in [1.807, 2.05) is 37.9 Å². The summed E-state index contributed by atoms with van der Waals surface area (Å²) in [5.41, 5.74) is 0.375. The fraction of sp³-hybridized carbons (Fsp3) is 0.375. The van der Waals surface area contributed by atoms with Gasteiger partial charge < -0.3 is 9.88 Å². The van der Waals surface area contributed by atoms with Crippen molar-refractivity contribution in [3.8, 4) is 0 Å². The summed E-state index contributed by atoms with van der Waals surface area (Å²) in [7, 11) is 1.81. The zero-order valence-electron chi connectivity index (χ0n) is 12.6. The van der Waals surface area contributed by atoms with Crippen LogP contribution in [0.5, 0.6) is 0 Å². The second kappa shape index (κ2) is 6.80. The average molecular weight is 304 g/mol. The molecule has 1 amide bonds. The number of aromatic amines is 1. The van der Waals surface area contributed by atoms with Gasteiger partial charge in [-0.25, -0.2) is 0 Å². The van der Waals surface area contributed by atoms with Crippen LogP contribution in [0.1, 0.15) is 24.2 Å². The van der Waals surface area contributed by atoms with E-state index in [1.165, 1.54) is 6.20 Å². The summed E-state index contributed by atoms with van der Waals surface area (Å²) in [4.78, 5) is 28.9. The average Bonchev–Trinajstić information content (AvgIpc) is 2.52. The summed E-state index contributed by atoms with van der Waals surface area (Å²) in [6.45, 7) is 4.14. The van der Waals surface area contributed by atoms with Gasteiger partial charge in [0.1, 0.15) is 0 Å². The molecular weight excluding hydrogens is 284 g/mol. The molecule has 0 saturated heterocycles. The molecule has 0 bridgehead atoms. The molecule has 0 unspecified atom stereocenters. The summed E-state index contributed by atoms with van der Waals surface area (Å²) in [6.07, 6.45) is 1.52. The molecule has 21 heavy (non-hydrogen) atoms. The second-order valence-electron chi connectivity index (χ2n) is 5.00. The minimum atomic E-state index is -0.167. The van der Waals surface area contributed by atoms with Crippen molar-refractivity contribution in [1.29, 1.82) is 0 Å². The Bertz CT molecular complexity index is 696. The Labute approximate surface area is 128 Å². The molecule has 0 fully saturated rings. The molecule has 112 valence electrons. The van der Waals surface area contributed by atoms with Crippen LogP contribution in [-0.2, 0) is 0 Å². The number of carbonyl (C=O) groups excluding carboxylic acids is 1. The highest BCUT2D eigenvalue weighted by Gasteiger charge is 2.20. The van der Waals surface area contributed by atoms with Gasteiger partial charge in [0.05, 0.1) is 5.56 Å². The Kier molecular flexibility index (Phi) is 5.07. The highest BCUT2D eigenvalue weighted by atomic mass is 32.2. The Hall–Kier alpha value is -1.75. The van der Waals surface area contributed by atoms with E-state index < -0.39 is 0 Å². The minimum Gasteiger partial charge on any atom is -0.338 e. The third-order valence-electron chi connectivity index (χ3n) is 3.58. The van der Waals surface area contributed by atoms with Crippen molar-refractivity contribution in [2.24, 2.45) is 0 Å². The molecular formula is C16H20N2O2S. The maximum atomic E-state index is 12.7. The van der Waals surface area contributed by atoms with Crippen molar-refractivity contribution in [3.63, 3.8) is 0 Å². The number of thioether (sulfide) groups is 1. The van der Waals surface area contributed by atoms with Crippen LogP contribution < -0.4 is 5.56 Å². The predicted octanol–water partition coefficient (Wildman–Crippen LogP) is 2.74. The van der Waals surface area contributed by atoms with Crippen LogP contribution in [0.15, 0.2) is 35.3 Å². The van der Waals surface area contributed by atoms with Gasteiger partial charge in [0.2, 0.25) is 0 Å². The van der Waals surface area contributed by atoms with E-state index in [1.54, 1.807) is 17.0 Å². The Balaban J connectivity index is 2.36. The Morgan fingerprint density at radius 1 is 1.33 bits per heavy atom. The number of carbonyl (C=O) groups is 1. The van der Waals surface area contributed by atoms with Crippen LogP contribution in [0.25, 0.3) is 10.8 Å². The molecule has 0 aliphatic heterocycles. The molecule has 4 nitrogen and oxygen atoms in total. The summed E-state index contributed by atoms with van der Waals surface area (Å²) < 4.78 is 0. The van der Waals surface area contributed by atoms with Crippen molar-refractivity contribution in [2.45, 2.75) is 19.9 Å². The molecule has 2 aromatic rings. The zero-order valence-corrected chi connectivity index (χ0v) is 13.4. The lowest BCUT2D eigenvalue weighted by atomic mass is 10.1. The van der Waals surface area contributed by atoms with Crippen molar-refractivity contribution in [2.75, 3.05) is 18.6 Å². The highest BCUT2D eigenvalue weighted by Crippen LogP contribution is 2.17. The first-order chi connectivity index (χ1) is 10.1. The number of hydrogen-bond donors (Lipinski definition) is 1. The van der Waals surface area contributed by atoms with Gasteiger partial charge in [-0.15, -0.1) is 0 Å². The van der Waals surface area contributed by atoms with Crippen LogP contribution >= 0.6 is 11.8 Å². The zero-order chi connectivity index (χ0) is 15.4. The number of nitrogens with one attached hydrogen (secondary N) is 1. The van der Waals surface area contributed by atoms with Crippen LogP contribution in [0.2, 0.25) is 0 Å². The molecule has 1 aromatic heterocycles. The molecule has 0 aliphatic carbocycles. The largest absolute Gasteiger partial charge is 0.338 e. The molecule has 1 heterocycles. The first-order valence-electron chi connectivity index (χ1n) is 7.01. The Morgan fingerprint density at radius 3 is 2.67 bits per heavy atom. The normalized spacial score (nSPS) is 12.3. The molecule has 5 heteroatoms. The minimum absolute atomic E-state index is 0.0633. The van der Waals surface area contributed by atoms with E-state index in [4.69, 9.17) is 0 Å². The van der Waals surface area contributed by atoms with Crippen molar-refractivity contribution < 1.29 is 4.79 Å². The monoisotopic (exact) mass is 304 g/mol. The summed E-state index contributed by atoms with van der Waals surface area (Å²) in [6, 6.07) is 7.34. The van der Waals surface area contributed by atoms with E-state index in [2.05, 4.69) is 11.9 Å². The van der Waals surface area contributed by atoms with Crippen LogP contribution in [-0.4, -0.2) is 40.4 Å². The number of rotatable bonds is 5. The van der Waals surface area contributed by atoms with Gasteiger partial charge in [0.15, 0.2) is 0 Å². The lowest BCUT2D eigenvalue weighted by Crippen LogP contribution is -2.37. The molecule has 0 spiro atoms. The van der Waals surface area contributed by atoms with Gasteiger partial charge in [-0.1, -0.05) is 25.1 Å². The third kappa shape index (κ3) is 3.29. The van der Waals surface area contributed by atoms with Gasteiger partial charge in [-0.3, -0.25) is 9.59 Å². The molecule has 1 aromatic carbocycles. The quantitative estimate of drug-likeness (QED) is 0.924. The maximum Gasteiger partial charge on any atom is 0.255 e. The number of H-pyrrole nitrogens is 1. The van der Waals surface area contributed by atoms with Gasteiger partial charge in [0, 0.05) is 35.8 Å². The summed E-state index contributed by atoms with van der Waals surface area (Å²) in [5, 5.41) is 1.25. The van der Waals surface area contributed by atoms with Gasteiger partial charge in [-0.05, 0) is 18.7 Å². The van der Waals surface area contributed by atoms with Crippen molar-refractivity contribution >= 4 is 28.4 Å². The number of aromatic nitrogens is 1. The number of nitrogens with zero attached hydrogens (tertiary/aromatic N) is 1.